The standard InChI is InChI=1S/C28H31N5O7S2/c1-39-23-11-10-22-27(31-23)41-28(30-22)32-26(36)21(16-18-4-2-3-5-18)19-6-8-20(9-7-19)42(37,38)33(14-12-25(34)35)17-24-29-13-15-40-24/h6-11,13,15,18,21H,2-5,12,14,16-17H2,1H3,(H,34,35)(H,30,32,36). The molecular weight excluding hydrogens is 582 g/mol. The maximum absolute atomic E-state index is 13.6. The van der Waals surface area contributed by atoms with E-state index in [2.05, 4.69) is 20.3 Å². The molecule has 0 spiro atoms. The van der Waals surface area contributed by atoms with Gasteiger partial charge in [-0.2, -0.15) is 4.31 Å². The summed E-state index contributed by atoms with van der Waals surface area (Å²) in [7, 11) is -2.55. The van der Waals surface area contributed by atoms with E-state index in [0.29, 0.717) is 39.3 Å². The molecule has 14 heteroatoms. The molecule has 1 aromatic carbocycles. The maximum atomic E-state index is 13.6. The Labute approximate surface area is 246 Å². The SMILES string of the molecule is COc1ccc2nc(NC(=O)C(CC3CCCC3)c3ccc(S(=O)(=O)N(CCC(=O)O)Cc4ncco4)cc3)sc2n1. The number of pyridine rings is 1. The Balaban J connectivity index is 1.38. The molecule has 1 fully saturated rings. The number of oxazole rings is 1. The normalized spacial score (nSPS) is 14.8. The van der Waals surface area contributed by atoms with Gasteiger partial charge in [0.2, 0.25) is 27.7 Å². The molecule has 1 aliphatic rings. The van der Waals surface area contributed by atoms with Crippen molar-refractivity contribution in [2.24, 2.45) is 5.92 Å². The highest BCUT2D eigenvalue weighted by Gasteiger charge is 2.30. The quantitative estimate of drug-likeness (QED) is 0.217. The number of carbonyl (C=O) groups excluding carboxylic acids is 1. The minimum Gasteiger partial charge on any atom is -0.481 e. The largest absolute Gasteiger partial charge is 0.481 e. The van der Waals surface area contributed by atoms with Crippen LogP contribution in [0.1, 0.15) is 55.9 Å². The number of nitrogens with zero attached hydrogens (tertiary/aromatic N) is 4. The zero-order valence-corrected chi connectivity index (χ0v) is 24.6. The van der Waals surface area contributed by atoms with Crippen LogP contribution in [-0.2, 0) is 26.2 Å². The van der Waals surface area contributed by atoms with Gasteiger partial charge in [0.15, 0.2) is 5.13 Å². The smallest absolute Gasteiger partial charge is 0.304 e. The molecule has 42 heavy (non-hydrogen) atoms. The number of nitrogens with one attached hydrogen (secondary N) is 1. The Bertz CT molecular complexity index is 1630. The van der Waals surface area contributed by atoms with Crippen LogP contribution in [0.25, 0.3) is 10.3 Å². The fraction of sp³-hybridized carbons (Fsp3) is 0.393. The number of amides is 1. The molecule has 2 N–H and O–H groups in total. The zero-order chi connectivity index (χ0) is 29.7. The number of hydrogen-bond acceptors (Lipinski definition) is 10. The number of ether oxygens (including phenoxy) is 1. The summed E-state index contributed by atoms with van der Waals surface area (Å²) in [6, 6.07) is 9.70. The summed E-state index contributed by atoms with van der Waals surface area (Å²) in [6.45, 7) is -0.461. The van der Waals surface area contributed by atoms with Crippen LogP contribution < -0.4 is 10.1 Å². The van der Waals surface area contributed by atoms with Crippen LogP contribution in [0.5, 0.6) is 5.88 Å². The number of benzene rings is 1. The second-order valence-corrected chi connectivity index (χ2v) is 13.0. The number of methoxy groups -OCH3 is 1. The molecule has 3 aromatic heterocycles. The van der Waals surface area contributed by atoms with Crippen molar-refractivity contribution in [1.82, 2.24) is 19.3 Å². The lowest BCUT2D eigenvalue weighted by Gasteiger charge is -2.22. The summed E-state index contributed by atoms with van der Waals surface area (Å²) in [4.78, 5) is 38.3. The monoisotopic (exact) mass is 613 g/mol. The molecule has 1 atom stereocenters. The number of aromatic nitrogens is 3. The number of anilines is 1. The van der Waals surface area contributed by atoms with Crippen molar-refractivity contribution in [3.63, 3.8) is 0 Å². The van der Waals surface area contributed by atoms with Crippen LogP contribution in [0.3, 0.4) is 0 Å². The highest BCUT2D eigenvalue weighted by atomic mass is 32.2. The first-order valence-corrected chi connectivity index (χ1v) is 15.8. The summed E-state index contributed by atoms with van der Waals surface area (Å²) in [5, 5.41) is 12.5. The van der Waals surface area contributed by atoms with E-state index in [4.69, 9.17) is 14.3 Å². The Morgan fingerprint density at radius 2 is 1.93 bits per heavy atom. The molecule has 0 aliphatic heterocycles. The molecule has 1 amide bonds. The van der Waals surface area contributed by atoms with Crippen molar-refractivity contribution in [3.8, 4) is 5.88 Å². The van der Waals surface area contributed by atoms with Crippen molar-refractivity contribution >= 4 is 48.7 Å². The lowest BCUT2D eigenvalue weighted by molar-refractivity contribution is -0.137. The number of hydrogen-bond donors (Lipinski definition) is 2. The van der Waals surface area contributed by atoms with E-state index < -0.39 is 21.9 Å². The average molecular weight is 614 g/mol. The van der Waals surface area contributed by atoms with Crippen LogP contribution in [0, 0.1) is 5.92 Å². The van der Waals surface area contributed by atoms with Gasteiger partial charge in [-0.3, -0.25) is 9.59 Å². The minimum absolute atomic E-state index is 0.0191. The number of aliphatic carboxylic acids is 1. The van der Waals surface area contributed by atoms with Crippen LogP contribution in [-0.4, -0.2) is 58.3 Å². The van der Waals surface area contributed by atoms with E-state index in [9.17, 15) is 18.0 Å². The van der Waals surface area contributed by atoms with Crippen molar-refractivity contribution in [1.29, 1.82) is 0 Å². The van der Waals surface area contributed by atoms with Crippen LogP contribution in [0.2, 0.25) is 0 Å². The molecule has 0 bridgehead atoms. The second-order valence-electron chi connectivity index (χ2n) is 10.1. The van der Waals surface area contributed by atoms with Gasteiger partial charge in [-0.25, -0.2) is 23.4 Å². The van der Waals surface area contributed by atoms with Crippen LogP contribution >= 0.6 is 11.3 Å². The fourth-order valence-corrected chi connectivity index (χ4v) is 7.36. The number of rotatable bonds is 13. The van der Waals surface area contributed by atoms with Crippen LogP contribution in [0.15, 0.2) is 58.2 Å². The number of carboxylic acids is 1. The molecule has 1 unspecified atom stereocenters. The predicted octanol–water partition coefficient (Wildman–Crippen LogP) is 4.66. The van der Waals surface area contributed by atoms with Gasteiger partial charge in [0.1, 0.15) is 16.6 Å². The third-order valence-electron chi connectivity index (χ3n) is 7.32. The summed E-state index contributed by atoms with van der Waals surface area (Å²) in [5.74, 6) is -0.873. The Hall–Kier alpha value is -3.88. The minimum atomic E-state index is -4.08. The maximum Gasteiger partial charge on any atom is 0.304 e. The second kappa shape index (κ2) is 13.0. The highest BCUT2D eigenvalue weighted by Crippen LogP contribution is 2.36. The molecule has 12 nitrogen and oxygen atoms in total. The molecule has 0 saturated heterocycles. The van der Waals surface area contributed by atoms with Gasteiger partial charge < -0.3 is 19.6 Å². The Morgan fingerprint density at radius 3 is 2.60 bits per heavy atom. The van der Waals surface area contributed by atoms with E-state index in [0.717, 1.165) is 30.0 Å². The van der Waals surface area contributed by atoms with E-state index in [-0.39, 0.29) is 36.2 Å². The average Bonchev–Trinajstić information content (AvgIpc) is 3.76. The summed E-state index contributed by atoms with van der Waals surface area (Å²) in [6.07, 6.45) is 7.30. The first-order chi connectivity index (χ1) is 20.2. The molecule has 1 aliphatic carbocycles. The van der Waals surface area contributed by atoms with Crippen molar-refractivity contribution in [2.45, 2.75) is 55.9 Å². The van der Waals surface area contributed by atoms with Crippen molar-refractivity contribution in [2.75, 3.05) is 19.0 Å². The van der Waals surface area contributed by atoms with Gasteiger partial charge >= 0.3 is 5.97 Å². The van der Waals surface area contributed by atoms with Crippen molar-refractivity contribution < 1.29 is 32.3 Å². The number of fused-ring (bicyclic) bond motifs is 1. The number of thiazole rings is 1. The predicted molar refractivity (Wildman–Crippen MR) is 155 cm³/mol. The van der Waals surface area contributed by atoms with Gasteiger partial charge in [-0.1, -0.05) is 49.2 Å². The van der Waals surface area contributed by atoms with Gasteiger partial charge in [0, 0.05) is 12.6 Å². The third-order valence-corrected chi connectivity index (χ3v) is 10.1. The topological polar surface area (TPSA) is 165 Å². The van der Waals surface area contributed by atoms with E-state index in [1.165, 1.54) is 43.0 Å². The lowest BCUT2D eigenvalue weighted by Crippen LogP contribution is -2.33. The summed E-state index contributed by atoms with van der Waals surface area (Å²) in [5.41, 5.74) is 1.33. The lowest BCUT2D eigenvalue weighted by atomic mass is 9.87. The van der Waals surface area contributed by atoms with Gasteiger partial charge in [0.25, 0.3) is 0 Å². The van der Waals surface area contributed by atoms with Crippen LogP contribution in [0.4, 0.5) is 5.13 Å². The summed E-state index contributed by atoms with van der Waals surface area (Å²) < 4.78 is 38.4. The molecule has 0 radical (unpaired) electrons. The first kappa shape index (κ1) is 29.6. The fourth-order valence-electron chi connectivity index (χ4n) is 5.14. The number of sulfonamides is 1. The number of carboxylic acid groups (broad SMARTS) is 1. The molecule has 1 saturated carbocycles. The van der Waals surface area contributed by atoms with E-state index >= 15 is 0 Å². The van der Waals surface area contributed by atoms with E-state index in [1.54, 1.807) is 24.3 Å². The summed E-state index contributed by atoms with van der Waals surface area (Å²) >= 11 is 1.25. The molecule has 5 rings (SSSR count). The first-order valence-electron chi connectivity index (χ1n) is 13.6. The molecule has 222 valence electrons. The van der Waals surface area contributed by atoms with Gasteiger partial charge in [-0.15, -0.1) is 0 Å². The molecule has 3 heterocycles. The molecular formula is C28H31N5O7S2. The van der Waals surface area contributed by atoms with Crippen molar-refractivity contribution in [3.05, 3.63) is 60.3 Å². The number of carbonyl (C=O) groups is 2. The Kier molecular flexibility index (Phi) is 9.14. The zero-order valence-electron chi connectivity index (χ0n) is 22.9. The van der Waals surface area contributed by atoms with Gasteiger partial charge in [0.05, 0.1) is 37.1 Å². The van der Waals surface area contributed by atoms with Gasteiger partial charge in [-0.05, 0) is 36.1 Å². The highest BCUT2D eigenvalue weighted by molar-refractivity contribution is 7.89. The third kappa shape index (κ3) is 6.94. The van der Waals surface area contributed by atoms with E-state index in [1.807, 2.05) is 0 Å². The molecule has 4 aromatic rings. The Morgan fingerprint density at radius 1 is 1.17 bits per heavy atom.